The predicted octanol–water partition coefficient (Wildman–Crippen LogP) is 6.58. The molecule has 0 unspecified atom stereocenters. The van der Waals surface area contributed by atoms with E-state index < -0.39 is 0 Å². The summed E-state index contributed by atoms with van der Waals surface area (Å²) in [6, 6.07) is 19.2. The molecule has 0 saturated heterocycles. The van der Waals surface area contributed by atoms with E-state index in [9.17, 15) is 4.79 Å². The molecule has 1 aromatic heterocycles. The fourth-order valence-corrected chi connectivity index (χ4v) is 3.17. The molecule has 0 aliphatic rings. The van der Waals surface area contributed by atoms with Gasteiger partial charge in [-0.25, -0.2) is 0 Å². The quantitative estimate of drug-likeness (QED) is 0.241. The molecule has 6 heteroatoms. The molecular weight excluding hydrogens is 422 g/mol. The number of carbonyl (C=O) groups excluding carboxylic acids is 1. The number of halogens is 1. The Morgan fingerprint density at radius 3 is 2.59 bits per heavy atom. The lowest BCUT2D eigenvalue weighted by molar-refractivity contribution is 0.102. The molecule has 0 atom stereocenters. The van der Waals surface area contributed by atoms with Crippen LogP contribution in [0.5, 0.6) is 0 Å². The SMILES string of the molecule is CC/C(Cl)=C\CO/N=C(/C)c1ccc(-c2ccccc2NC(=O)c2cccnc2C)cc1. The number of amides is 1. The highest BCUT2D eigenvalue weighted by molar-refractivity contribution is 6.29. The number of anilines is 1. The van der Waals surface area contributed by atoms with E-state index in [4.69, 9.17) is 16.4 Å². The molecule has 1 amide bonds. The Morgan fingerprint density at radius 2 is 1.88 bits per heavy atom. The highest BCUT2D eigenvalue weighted by Gasteiger charge is 2.12. The number of nitrogens with zero attached hydrogens (tertiary/aromatic N) is 2. The molecule has 5 nitrogen and oxygen atoms in total. The van der Waals surface area contributed by atoms with E-state index in [-0.39, 0.29) is 5.91 Å². The number of oxime groups is 1. The number of nitrogens with one attached hydrogen (secondary N) is 1. The molecule has 0 radical (unpaired) electrons. The third-order valence-electron chi connectivity index (χ3n) is 4.96. The zero-order valence-corrected chi connectivity index (χ0v) is 19.2. The van der Waals surface area contributed by atoms with E-state index in [0.717, 1.165) is 39.5 Å². The Balaban J connectivity index is 1.75. The second kappa shape index (κ2) is 11.3. The van der Waals surface area contributed by atoms with Crippen molar-refractivity contribution in [1.29, 1.82) is 0 Å². The van der Waals surface area contributed by atoms with E-state index in [2.05, 4.69) is 15.5 Å². The molecule has 32 heavy (non-hydrogen) atoms. The van der Waals surface area contributed by atoms with Crippen LogP contribution >= 0.6 is 11.6 Å². The molecule has 1 heterocycles. The van der Waals surface area contributed by atoms with Crippen LogP contribution in [0.3, 0.4) is 0 Å². The van der Waals surface area contributed by atoms with Gasteiger partial charge in [-0.2, -0.15) is 0 Å². The van der Waals surface area contributed by atoms with Gasteiger partial charge in [0.15, 0.2) is 0 Å². The van der Waals surface area contributed by atoms with Crippen molar-refractivity contribution in [2.45, 2.75) is 27.2 Å². The van der Waals surface area contributed by atoms with Crippen molar-refractivity contribution in [1.82, 2.24) is 4.98 Å². The molecule has 3 rings (SSSR count). The van der Waals surface area contributed by atoms with E-state index in [1.807, 2.05) is 69.3 Å². The number of para-hydroxylation sites is 1. The van der Waals surface area contributed by atoms with Crippen LogP contribution in [0.25, 0.3) is 11.1 Å². The van der Waals surface area contributed by atoms with Crippen LogP contribution < -0.4 is 5.32 Å². The standard InChI is InChI=1S/C26H26ClN3O2/c1-4-22(27)15-17-32-30-18(2)20-11-13-21(14-12-20)24-8-5-6-10-25(24)29-26(31)23-9-7-16-28-19(23)3/h5-16H,4,17H2,1-3H3,(H,29,31)/b22-15+,30-18-. The molecule has 0 aliphatic heterocycles. The summed E-state index contributed by atoms with van der Waals surface area (Å²) in [4.78, 5) is 22.3. The van der Waals surface area contributed by atoms with Crippen molar-refractivity contribution in [2.24, 2.45) is 5.16 Å². The Kier molecular flexibility index (Phi) is 8.17. The first-order valence-corrected chi connectivity index (χ1v) is 10.8. The highest BCUT2D eigenvalue weighted by Crippen LogP contribution is 2.28. The molecule has 2 aromatic carbocycles. The second-order valence-corrected chi connectivity index (χ2v) is 7.68. The van der Waals surface area contributed by atoms with Crippen molar-refractivity contribution in [2.75, 3.05) is 11.9 Å². The van der Waals surface area contributed by atoms with E-state index >= 15 is 0 Å². The number of hydrogen-bond donors (Lipinski definition) is 1. The number of pyridine rings is 1. The molecule has 164 valence electrons. The van der Waals surface area contributed by atoms with Gasteiger partial charge in [0.25, 0.3) is 5.91 Å². The van der Waals surface area contributed by atoms with Crippen LogP contribution in [0, 0.1) is 6.92 Å². The van der Waals surface area contributed by atoms with Gasteiger partial charge in [0.05, 0.1) is 11.3 Å². The van der Waals surface area contributed by atoms with Crippen molar-refractivity contribution in [3.8, 4) is 11.1 Å². The summed E-state index contributed by atoms with van der Waals surface area (Å²) in [5.74, 6) is -0.183. The summed E-state index contributed by atoms with van der Waals surface area (Å²) in [5, 5.41) is 7.92. The van der Waals surface area contributed by atoms with E-state index in [1.165, 1.54) is 0 Å². The fraction of sp³-hybridized carbons (Fsp3) is 0.192. The number of hydrogen-bond acceptors (Lipinski definition) is 4. The third kappa shape index (κ3) is 6.05. The monoisotopic (exact) mass is 447 g/mol. The minimum Gasteiger partial charge on any atom is -0.391 e. The number of allylic oxidation sites excluding steroid dienone is 1. The maximum Gasteiger partial charge on any atom is 0.257 e. The van der Waals surface area contributed by atoms with E-state index in [1.54, 1.807) is 24.4 Å². The normalized spacial score (nSPS) is 11.9. The highest BCUT2D eigenvalue weighted by atomic mass is 35.5. The van der Waals surface area contributed by atoms with Crippen LogP contribution in [0.1, 0.15) is 41.9 Å². The molecule has 0 fully saturated rings. The lowest BCUT2D eigenvalue weighted by atomic mass is 10.0. The van der Waals surface area contributed by atoms with Gasteiger partial charge in [0, 0.05) is 28.2 Å². The van der Waals surface area contributed by atoms with Gasteiger partial charge in [-0.3, -0.25) is 9.78 Å². The zero-order chi connectivity index (χ0) is 22.9. The van der Waals surface area contributed by atoms with Crippen molar-refractivity contribution in [3.63, 3.8) is 0 Å². The fourth-order valence-electron chi connectivity index (χ4n) is 3.11. The summed E-state index contributed by atoms with van der Waals surface area (Å²) >= 11 is 5.96. The average molecular weight is 448 g/mol. The summed E-state index contributed by atoms with van der Waals surface area (Å²) in [5.41, 5.74) is 5.62. The molecule has 0 spiro atoms. The van der Waals surface area contributed by atoms with Crippen molar-refractivity contribution >= 4 is 28.9 Å². The van der Waals surface area contributed by atoms with Gasteiger partial charge in [0.2, 0.25) is 0 Å². The molecule has 0 saturated carbocycles. The Hall–Kier alpha value is -3.44. The summed E-state index contributed by atoms with van der Waals surface area (Å²) in [7, 11) is 0. The molecule has 3 aromatic rings. The zero-order valence-electron chi connectivity index (χ0n) is 18.4. The minimum absolute atomic E-state index is 0.183. The summed E-state index contributed by atoms with van der Waals surface area (Å²) < 4.78 is 0. The number of rotatable bonds is 8. The van der Waals surface area contributed by atoms with Gasteiger partial charge in [-0.1, -0.05) is 66.1 Å². The maximum atomic E-state index is 12.8. The van der Waals surface area contributed by atoms with Gasteiger partial charge in [-0.15, -0.1) is 0 Å². The first-order valence-electron chi connectivity index (χ1n) is 10.4. The molecule has 0 bridgehead atoms. The molecular formula is C26H26ClN3O2. The smallest absolute Gasteiger partial charge is 0.257 e. The largest absolute Gasteiger partial charge is 0.391 e. The molecule has 0 aliphatic carbocycles. The maximum absolute atomic E-state index is 12.8. The average Bonchev–Trinajstić information content (AvgIpc) is 2.82. The first-order chi connectivity index (χ1) is 15.5. The third-order valence-corrected chi connectivity index (χ3v) is 5.38. The van der Waals surface area contributed by atoms with E-state index in [0.29, 0.717) is 17.9 Å². The van der Waals surface area contributed by atoms with Crippen LogP contribution in [-0.2, 0) is 4.84 Å². The first kappa shape index (κ1) is 23.2. The Morgan fingerprint density at radius 1 is 1.12 bits per heavy atom. The summed E-state index contributed by atoms with van der Waals surface area (Å²) in [6.07, 6.45) is 4.26. The predicted molar refractivity (Wildman–Crippen MR) is 131 cm³/mol. The number of aryl methyl sites for hydroxylation is 1. The Bertz CT molecular complexity index is 1140. The van der Waals surface area contributed by atoms with Crippen LogP contribution in [0.15, 0.2) is 83.1 Å². The van der Waals surface area contributed by atoms with Gasteiger partial charge < -0.3 is 10.2 Å². The summed E-state index contributed by atoms with van der Waals surface area (Å²) in [6.45, 7) is 6.04. The number of carbonyl (C=O) groups is 1. The number of benzene rings is 2. The Labute approximate surface area is 193 Å². The minimum atomic E-state index is -0.183. The lowest BCUT2D eigenvalue weighted by Gasteiger charge is -2.12. The van der Waals surface area contributed by atoms with Gasteiger partial charge in [0.1, 0.15) is 6.61 Å². The van der Waals surface area contributed by atoms with Gasteiger partial charge in [-0.05, 0) is 55.7 Å². The lowest BCUT2D eigenvalue weighted by Crippen LogP contribution is -2.14. The topological polar surface area (TPSA) is 63.6 Å². The van der Waals surface area contributed by atoms with Crippen LogP contribution in [0.4, 0.5) is 5.69 Å². The van der Waals surface area contributed by atoms with Crippen molar-refractivity contribution < 1.29 is 9.63 Å². The van der Waals surface area contributed by atoms with Crippen LogP contribution in [-0.4, -0.2) is 23.2 Å². The number of aromatic nitrogens is 1. The van der Waals surface area contributed by atoms with Crippen LogP contribution in [0.2, 0.25) is 0 Å². The van der Waals surface area contributed by atoms with Gasteiger partial charge >= 0.3 is 0 Å². The van der Waals surface area contributed by atoms with Crippen molar-refractivity contribution in [3.05, 3.63) is 94.8 Å². The second-order valence-electron chi connectivity index (χ2n) is 7.19. The molecule has 1 N–H and O–H groups in total.